The molecule has 0 unspecified atom stereocenters. The Hall–Kier alpha value is -1.30. The molecule has 0 saturated heterocycles. The van der Waals surface area contributed by atoms with E-state index in [1.807, 2.05) is 0 Å². The number of hydrogen-bond donors (Lipinski definition) is 8. The number of rotatable bonds is 20. The number of carboxylic acids is 2. The molecule has 0 aromatic carbocycles. The third-order valence-electron chi connectivity index (χ3n) is 4.83. The molecular formula is C26H56O10. The zero-order valence-electron chi connectivity index (χ0n) is 22.7. The van der Waals surface area contributed by atoms with Crippen LogP contribution in [0.1, 0.15) is 117 Å². The van der Waals surface area contributed by atoms with Crippen molar-refractivity contribution in [1.82, 2.24) is 0 Å². The molecule has 0 amide bonds. The summed E-state index contributed by atoms with van der Waals surface area (Å²) >= 11 is 0. The van der Waals surface area contributed by atoms with Gasteiger partial charge in [-0.3, -0.25) is 9.59 Å². The maximum atomic E-state index is 10.1. The molecule has 220 valence electrons. The van der Waals surface area contributed by atoms with E-state index in [9.17, 15) is 9.59 Å². The summed E-state index contributed by atoms with van der Waals surface area (Å²) in [7, 11) is 0. The molecule has 8 N–H and O–H groups in total. The SMILES string of the molecule is CCCCCCCCCC(=O)O.CCCCCCCCCC(=O)O.OCC(O)CO.OCC(O)CO. The molecule has 0 aromatic rings. The first kappa shape index (κ1) is 41.8. The van der Waals surface area contributed by atoms with E-state index in [4.69, 9.17) is 40.9 Å². The number of unbranched alkanes of at least 4 members (excludes halogenated alkanes) is 12. The van der Waals surface area contributed by atoms with Gasteiger partial charge in [0.25, 0.3) is 0 Å². The molecule has 0 saturated carbocycles. The Labute approximate surface area is 218 Å². The van der Waals surface area contributed by atoms with Crippen LogP contribution in [0.5, 0.6) is 0 Å². The summed E-state index contributed by atoms with van der Waals surface area (Å²) in [5, 5.41) is 64.7. The van der Waals surface area contributed by atoms with Gasteiger partial charge < -0.3 is 40.9 Å². The summed E-state index contributed by atoms with van der Waals surface area (Å²) < 4.78 is 0. The van der Waals surface area contributed by atoms with E-state index < -0.39 is 24.1 Å². The van der Waals surface area contributed by atoms with Crippen LogP contribution in [-0.2, 0) is 9.59 Å². The highest BCUT2D eigenvalue weighted by atomic mass is 16.4. The average molecular weight is 529 g/mol. The van der Waals surface area contributed by atoms with Crippen LogP contribution in [-0.4, -0.2) is 91.4 Å². The van der Waals surface area contributed by atoms with Gasteiger partial charge in [-0.05, 0) is 12.8 Å². The van der Waals surface area contributed by atoms with Crippen LogP contribution in [0.3, 0.4) is 0 Å². The minimum absolute atomic E-state index is 0.341. The second-order valence-electron chi connectivity index (χ2n) is 8.57. The van der Waals surface area contributed by atoms with Crippen molar-refractivity contribution in [1.29, 1.82) is 0 Å². The topological polar surface area (TPSA) is 196 Å². The molecule has 0 aliphatic heterocycles. The molecule has 0 bridgehead atoms. The van der Waals surface area contributed by atoms with Gasteiger partial charge in [-0.25, -0.2) is 0 Å². The summed E-state index contributed by atoms with van der Waals surface area (Å²) in [6.45, 7) is 2.94. The molecule has 0 spiro atoms. The fourth-order valence-electron chi connectivity index (χ4n) is 2.58. The molecule has 0 aromatic heterocycles. The molecule has 10 nitrogen and oxygen atoms in total. The number of carboxylic acid groups (broad SMARTS) is 2. The lowest BCUT2D eigenvalue weighted by Gasteiger charge is -1.98. The second kappa shape index (κ2) is 38.2. The smallest absolute Gasteiger partial charge is 0.303 e. The lowest BCUT2D eigenvalue weighted by Crippen LogP contribution is -2.15. The van der Waals surface area contributed by atoms with Crippen molar-refractivity contribution in [3.8, 4) is 0 Å². The van der Waals surface area contributed by atoms with Crippen LogP contribution >= 0.6 is 0 Å². The van der Waals surface area contributed by atoms with Crippen LogP contribution in [0, 0.1) is 0 Å². The fraction of sp³-hybridized carbons (Fsp3) is 0.923. The van der Waals surface area contributed by atoms with Crippen molar-refractivity contribution in [2.75, 3.05) is 26.4 Å². The molecule has 0 radical (unpaired) electrons. The molecule has 36 heavy (non-hydrogen) atoms. The van der Waals surface area contributed by atoms with Crippen LogP contribution in [0.15, 0.2) is 0 Å². The highest BCUT2D eigenvalue weighted by molar-refractivity contribution is 5.66. The molecule has 0 aliphatic carbocycles. The van der Waals surface area contributed by atoms with E-state index in [1.165, 1.54) is 64.2 Å². The first-order valence-corrected chi connectivity index (χ1v) is 13.4. The predicted molar refractivity (Wildman–Crippen MR) is 141 cm³/mol. The Morgan fingerprint density at radius 3 is 0.861 bits per heavy atom. The van der Waals surface area contributed by atoms with Gasteiger partial charge in [-0.1, -0.05) is 90.9 Å². The fourth-order valence-corrected chi connectivity index (χ4v) is 2.58. The summed E-state index contributed by atoms with van der Waals surface area (Å²) in [5.74, 6) is -1.33. The van der Waals surface area contributed by atoms with Crippen molar-refractivity contribution >= 4 is 11.9 Å². The Morgan fingerprint density at radius 1 is 0.472 bits per heavy atom. The zero-order chi connectivity index (χ0) is 28.5. The van der Waals surface area contributed by atoms with E-state index in [0.29, 0.717) is 12.8 Å². The van der Waals surface area contributed by atoms with Gasteiger partial charge in [-0.2, -0.15) is 0 Å². The molecule has 10 heteroatoms. The minimum atomic E-state index is -0.954. The Balaban J connectivity index is -0.000000200. The Morgan fingerprint density at radius 2 is 0.694 bits per heavy atom. The monoisotopic (exact) mass is 528 g/mol. The molecule has 0 heterocycles. The lowest BCUT2D eigenvalue weighted by molar-refractivity contribution is -0.138. The maximum absolute atomic E-state index is 10.1. The number of aliphatic hydroxyl groups excluding tert-OH is 6. The van der Waals surface area contributed by atoms with Crippen LogP contribution in [0.25, 0.3) is 0 Å². The Bertz CT molecular complexity index is 376. The van der Waals surface area contributed by atoms with Gasteiger partial charge >= 0.3 is 11.9 Å². The van der Waals surface area contributed by atoms with E-state index >= 15 is 0 Å². The van der Waals surface area contributed by atoms with Crippen molar-refractivity contribution in [2.45, 2.75) is 129 Å². The predicted octanol–water partition coefficient (Wildman–Crippen LogP) is 3.09. The van der Waals surface area contributed by atoms with Crippen molar-refractivity contribution in [3.63, 3.8) is 0 Å². The van der Waals surface area contributed by atoms with E-state index in [-0.39, 0.29) is 26.4 Å². The number of aliphatic hydroxyl groups is 6. The summed E-state index contributed by atoms with van der Waals surface area (Å²) in [6, 6.07) is 0. The van der Waals surface area contributed by atoms with E-state index in [0.717, 1.165) is 25.7 Å². The number of aliphatic carboxylic acids is 2. The number of carbonyl (C=O) groups is 2. The highest BCUT2D eigenvalue weighted by Gasteiger charge is 1.97. The van der Waals surface area contributed by atoms with E-state index in [2.05, 4.69) is 13.8 Å². The summed E-state index contributed by atoms with van der Waals surface area (Å²) in [5.41, 5.74) is 0. The highest BCUT2D eigenvalue weighted by Crippen LogP contribution is 2.08. The summed E-state index contributed by atoms with van der Waals surface area (Å²) in [6.07, 6.45) is 15.4. The van der Waals surface area contributed by atoms with Crippen molar-refractivity contribution in [2.24, 2.45) is 0 Å². The normalized spacial score (nSPS) is 10.1. The van der Waals surface area contributed by atoms with Gasteiger partial charge in [0.15, 0.2) is 0 Å². The zero-order valence-corrected chi connectivity index (χ0v) is 22.7. The van der Waals surface area contributed by atoms with Gasteiger partial charge in [0.2, 0.25) is 0 Å². The van der Waals surface area contributed by atoms with Crippen molar-refractivity contribution < 1.29 is 50.4 Å². The van der Waals surface area contributed by atoms with Crippen molar-refractivity contribution in [3.05, 3.63) is 0 Å². The van der Waals surface area contributed by atoms with Gasteiger partial charge in [0.1, 0.15) is 12.2 Å². The largest absolute Gasteiger partial charge is 0.481 e. The van der Waals surface area contributed by atoms with Gasteiger partial charge in [0, 0.05) is 12.8 Å². The minimum Gasteiger partial charge on any atom is -0.481 e. The molecular weight excluding hydrogens is 472 g/mol. The molecule has 0 fully saturated rings. The van der Waals surface area contributed by atoms with Gasteiger partial charge in [0.05, 0.1) is 26.4 Å². The van der Waals surface area contributed by atoms with Crippen LogP contribution in [0.4, 0.5) is 0 Å². The standard InChI is InChI=1S/2C10H20O2.2C3H8O3/c2*1-2-3-4-5-6-7-8-9-10(11)12;2*4-1-3(6)2-5/h2*2-9H2,1H3,(H,11,12);2*3-6H,1-2H2. The van der Waals surface area contributed by atoms with E-state index in [1.54, 1.807) is 0 Å². The molecule has 0 rings (SSSR count). The number of hydrogen-bond acceptors (Lipinski definition) is 8. The first-order valence-electron chi connectivity index (χ1n) is 13.4. The quantitative estimate of drug-likeness (QED) is 0.109. The Kier molecular flexibility index (Phi) is 44.4. The maximum Gasteiger partial charge on any atom is 0.303 e. The second-order valence-corrected chi connectivity index (χ2v) is 8.57. The first-order chi connectivity index (χ1) is 17.2. The molecule has 0 atom stereocenters. The van der Waals surface area contributed by atoms with Crippen LogP contribution in [0.2, 0.25) is 0 Å². The summed E-state index contributed by atoms with van der Waals surface area (Å²) in [4.78, 5) is 20.3. The average Bonchev–Trinajstić information content (AvgIpc) is 2.87. The van der Waals surface area contributed by atoms with Gasteiger partial charge in [-0.15, -0.1) is 0 Å². The third-order valence-corrected chi connectivity index (χ3v) is 4.83. The molecule has 0 aliphatic rings. The lowest BCUT2D eigenvalue weighted by atomic mass is 10.1. The third kappa shape index (κ3) is 53.9. The van der Waals surface area contributed by atoms with Crippen LogP contribution < -0.4 is 0 Å².